The number of hydrogen-bond acceptors (Lipinski definition) is 6. The Kier molecular flexibility index (Phi) is 9.11. The molecule has 10 heteroatoms. The third-order valence-electron chi connectivity index (χ3n) is 6.33. The molecule has 1 atom stereocenters. The number of ether oxygens (including phenoxy) is 2. The van der Waals surface area contributed by atoms with E-state index in [1.807, 2.05) is 42.2 Å². The SMILES string of the molecule is COc1ccc(OC)c(CN(Cc2cccc(C(F)(F)F)c2)Cc2nc(C(=O)N[C@H](C)c3ccccc3)co2)c1. The van der Waals surface area contributed by atoms with Gasteiger partial charge in [0.05, 0.1) is 32.4 Å². The van der Waals surface area contributed by atoms with Crippen LogP contribution in [0, 0.1) is 0 Å². The van der Waals surface area contributed by atoms with Crippen LogP contribution in [0.4, 0.5) is 13.2 Å². The fraction of sp³-hybridized carbons (Fsp3) is 0.267. The van der Waals surface area contributed by atoms with Gasteiger partial charge in [0, 0.05) is 18.7 Å². The number of benzene rings is 3. The van der Waals surface area contributed by atoms with Gasteiger partial charge >= 0.3 is 6.18 Å². The van der Waals surface area contributed by atoms with Gasteiger partial charge in [0.25, 0.3) is 5.91 Å². The molecule has 0 saturated heterocycles. The Labute approximate surface area is 230 Å². The van der Waals surface area contributed by atoms with Crippen LogP contribution in [0.25, 0.3) is 0 Å². The lowest BCUT2D eigenvalue weighted by Gasteiger charge is -2.23. The minimum Gasteiger partial charge on any atom is -0.497 e. The van der Waals surface area contributed by atoms with Crippen molar-refractivity contribution in [2.45, 2.75) is 38.8 Å². The Hall–Kier alpha value is -4.31. The van der Waals surface area contributed by atoms with Crippen molar-refractivity contribution >= 4 is 5.91 Å². The number of alkyl halides is 3. The summed E-state index contributed by atoms with van der Waals surface area (Å²) in [6.45, 7) is 2.43. The first-order valence-corrected chi connectivity index (χ1v) is 12.6. The number of oxazole rings is 1. The summed E-state index contributed by atoms with van der Waals surface area (Å²) < 4.78 is 56.5. The lowest BCUT2D eigenvalue weighted by Crippen LogP contribution is -2.27. The predicted molar refractivity (Wildman–Crippen MR) is 143 cm³/mol. The molecule has 4 aromatic rings. The first-order valence-electron chi connectivity index (χ1n) is 12.6. The Morgan fingerprint density at radius 3 is 2.45 bits per heavy atom. The maximum absolute atomic E-state index is 13.4. The molecular weight excluding hydrogens is 523 g/mol. The molecule has 1 heterocycles. The van der Waals surface area contributed by atoms with Gasteiger partial charge in [-0.1, -0.05) is 48.5 Å². The van der Waals surface area contributed by atoms with Crippen LogP contribution >= 0.6 is 0 Å². The smallest absolute Gasteiger partial charge is 0.416 e. The average molecular weight is 554 g/mol. The van der Waals surface area contributed by atoms with E-state index in [0.717, 1.165) is 23.3 Å². The van der Waals surface area contributed by atoms with E-state index in [-0.39, 0.29) is 37.3 Å². The molecule has 0 aliphatic carbocycles. The summed E-state index contributed by atoms with van der Waals surface area (Å²) in [6.07, 6.45) is -3.18. The summed E-state index contributed by atoms with van der Waals surface area (Å²) in [5, 5.41) is 2.89. The third kappa shape index (κ3) is 7.41. The number of halogens is 3. The van der Waals surface area contributed by atoms with Gasteiger partial charge in [0.1, 0.15) is 17.8 Å². The molecule has 1 amide bonds. The van der Waals surface area contributed by atoms with Crippen molar-refractivity contribution in [2.24, 2.45) is 0 Å². The Morgan fingerprint density at radius 1 is 0.975 bits per heavy atom. The zero-order valence-corrected chi connectivity index (χ0v) is 22.4. The van der Waals surface area contributed by atoms with Crippen LogP contribution in [0.1, 0.15) is 51.6 Å². The van der Waals surface area contributed by atoms with Crippen LogP contribution in [-0.4, -0.2) is 30.0 Å². The van der Waals surface area contributed by atoms with E-state index in [1.165, 1.54) is 19.4 Å². The Morgan fingerprint density at radius 2 is 1.75 bits per heavy atom. The van der Waals surface area contributed by atoms with Gasteiger partial charge in [0.15, 0.2) is 5.69 Å². The molecule has 0 spiro atoms. The molecule has 4 rings (SSSR count). The normalized spacial score (nSPS) is 12.3. The predicted octanol–water partition coefficient (Wildman–Crippen LogP) is 6.40. The Bertz CT molecular complexity index is 1420. The molecule has 0 fully saturated rings. The van der Waals surface area contributed by atoms with E-state index >= 15 is 0 Å². The maximum atomic E-state index is 13.4. The van der Waals surface area contributed by atoms with Crippen molar-refractivity contribution in [3.8, 4) is 11.5 Å². The number of hydrogen-bond donors (Lipinski definition) is 1. The number of methoxy groups -OCH3 is 2. The molecule has 0 aliphatic heterocycles. The van der Waals surface area contributed by atoms with Gasteiger partial charge in [-0.05, 0) is 42.3 Å². The first-order chi connectivity index (χ1) is 19.2. The second-order valence-electron chi connectivity index (χ2n) is 9.25. The minimum absolute atomic E-state index is 0.107. The molecular formula is C30H30F3N3O4. The zero-order valence-electron chi connectivity index (χ0n) is 22.4. The highest BCUT2D eigenvalue weighted by molar-refractivity contribution is 5.92. The fourth-order valence-corrected chi connectivity index (χ4v) is 4.29. The number of amides is 1. The summed E-state index contributed by atoms with van der Waals surface area (Å²) in [5.41, 5.74) is 1.54. The second kappa shape index (κ2) is 12.7. The monoisotopic (exact) mass is 553 g/mol. The number of carbonyl (C=O) groups is 1. The number of aromatic nitrogens is 1. The lowest BCUT2D eigenvalue weighted by molar-refractivity contribution is -0.137. The second-order valence-corrected chi connectivity index (χ2v) is 9.25. The minimum atomic E-state index is -4.46. The molecule has 1 N–H and O–H groups in total. The third-order valence-corrected chi connectivity index (χ3v) is 6.33. The highest BCUT2D eigenvalue weighted by Gasteiger charge is 2.30. The number of nitrogens with one attached hydrogen (secondary N) is 1. The molecule has 210 valence electrons. The molecule has 7 nitrogen and oxygen atoms in total. The van der Waals surface area contributed by atoms with E-state index in [4.69, 9.17) is 13.9 Å². The molecule has 0 aliphatic rings. The van der Waals surface area contributed by atoms with Crippen molar-refractivity contribution in [1.82, 2.24) is 15.2 Å². The lowest BCUT2D eigenvalue weighted by atomic mass is 10.1. The fourth-order valence-electron chi connectivity index (χ4n) is 4.29. The highest BCUT2D eigenvalue weighted by Crippen LogP contribution is 2.31. The van der Waals surface area contributed by atoms with Crippen molar-refractivity contribution in [1.29, 1.82) is 0 Å². The first kappa shape index (κ1) is 28.7. The number of nitrogens with zero attached hydrogens (tertiary/aromatic N) is 2. The summed E-state index contributed by atoms with van der Waals surface area (Å²) in [6, 6.07) is 19.8. The largest absolute Gasteiger partial charge is 0.497 e. The molecule has 0 unspecified atom stereocenters. The Balaban J connectivity index is 1.56. The van der Waals surface area contributed by atoms with Gasteiger partial charge < -0.3 is 19.2 Å². The van der Waals surface area contributed by atoms with Crippen LogP contribution in [0.15, 0.2) is 83.5 Å². The van der Waals surface area contributed by atoms with E-state index < -0.39 is 17.6 Å². The standard InChI is InChI=1S/C30H30F3N3O4/c1-20(22-9-5-4-6-10-22)34-29(37)26-19-40-28(35-26)18-36(16-21-8-7-11-24(14-21)30(31,32)33)17-23-15-25(38-2)12-13-27(23)39-3/h4-15,19-20H,16-18H2,1-3H3,(H,34,37)/t20-/m1/s1. The van der Waals surface area contributed by atoms with Crippen molar-refractivity contribution < 1.29 is 31.9 Å². The van der Waals surface area contributed by atoms with E-state index in [9.17, 15) is 18.0 Å². The highest BCUT2D eigenvalue weighted by atomic mass is 19.4. The van der Waals surface area contributed by atoms with Gasteiger partial charge in [-0.2, -0.15) is 13.2 Å². The summed E-state index contributed by atoms with van der Waals surface area (Å²) >= 11 is 0. The van der Waals surface area contributed by atoms with Crippen molar-refractivity contribution in [3.63, 3.8) is 0 Å². The molecule has 0 bridgehead atoms. The molecule has 40 heavy (non-hydrogen) atoms. The van der Waals surface area contributed by atoms with Gasteiger partial charge in [-0.25, -0.2) is 4.98 Å². The van der Waals surface area contributed by atoms with Crippen LogP contribution in [0.3, 0.4) is 0 Å². The summed E-state index contributed by atoms with van der Waals surface area (Å²) in [7, 11) is 3.09. The van der Waals surface area contributed by atoms with Gasteiger partial charge in [-0.15, -0.1) is 0 Å². The summed E-state index contributed by atoms with van der Waals surface area (Å²) in [4.78, 5) is 19.0. The van der Waals surface area contributed by atoms with E-state index in [2.05, 4.69) is 10.3 Å². The molecule has 0 radical (unpaired) electrons. The quantitative estimate of drug-likeness (QED) is 0.232. The number of rotatable bonds is 11. The van der Waals surface area contributed by atoms with Crippen LogP contribution < -0.4 is 14.8 Å². The molecule has 0 saturated carbocycles. The van der Waals surface area contributed by atoms with Crippen LogP contribution in [0.2, 0.25) is 0 Å². The van der Waals surface area contributed by atoms with E-state index in [1.54, 1.807) is 31.4 Å². The molecule has 1 aromatic heterocycles. The van der Waals surface area contributed by atoms with Gasteiger partial charge in [-0.3, -0.25) is 9.69 Å². The number of carbonyl (C=O) groups excluding carboxylic acids is 1. The average Bonchev–Trinajstić information content (AvgIpc) is 3.41. The van der Waals surface area contributed by atoms with Crippen LogP contribution in [0.5, 0.6) is 11.5 Å². The van der Waals surface area contributed by atoms with E-state index in [0.29, 0.717) is 17.1 Å². The van der Waals surface area contributed by atoms with Gasteiger partial charge in [0.2, 0.25) is 5.89 Å². The topological polar surface area (TPSA) is 76.8 Å². The maximum Gasteiger partial charge on any atom is 0.416 e. The molecule has 3 aromatic carbocycles. The summed E-state index contributed by atoms with van der Waals surface area (Å²) in [5.74, 6) is 1.05. The van der Waals surface area contributed by atoms with Crippen molar-refractivity contribution in [3.05, 3.63) is 113 Å². The van der Waals surface area contributed by atoms with Crippen molar-refractivity contribution in [2.75, 3.05) is 14.2 Å². The van der Waals surface area contributed by atoms with Crippen LogP contribution in [-0.2, 0) is 25.8 Å². The zero-order chi connectivity index (χ0) is 28.7.